The van der Waals surface area contributed by atoms with Crippen LogP contribution in [0.5, 0.6) is 11.5 Å². The molecular weight excluding hydrogens is 278 g/mol. The first-order valence-corrected chi connectivity index (χ1v) is 7.32. The molecule has 2 aromatic rings. The van der Waals surface area contributed by atoms with Crippen molar-refractivity contribution in [2.75, 3.05) is 18.5 Å². The zero-order valence-corrected chi connectivity index (χ0v) is 12.0. The summed E-state index contributed by atoms with van der Waals surface area (Å²) >= 11 is 0. The maximum absolute atomic E-state index is 12.5. The minimum absolute atomic E-state index is 0.145. The van der Waals surface area contributed by atoms with Crippen molar-refractivity contribution in [1.29, 1.82) is 0 Å². The molecule has 2 rings (SSSR count). The smallest absolute Gasteiger partial charge is 0.267 e. The van der Waals surface area contributed by atoms with E-state index in [2.05, 4.69) is 0 Å². The summed E-state index contributed by atoms with van der Waals surface area (Å²) in [4.78, 5) is -0.145. The first-order chi connectivity index (χ1) is 9.48. The van der Waals surface area contributed by atoms with Crippen LogP contribution in [-0.2, 0) is 10.0 Å². The van der Waals surface area contributed by atoms with Gasteiger partial charge >= 0.3 is 0 Å². The van der Waals surface area contributed by atoms with E-state index in [1.165, 1.54) is 26.3 Å². The van der Waals surface area contributed by atoms with Crippen LogP contribution in [-0.4, -0.2) is 27.7 Å². The molecule has 0 aliphatic heterocycles. The van der Waals surface area contributed by atoms with Crippen LogP contribution in [0.2, 0.25) is 0 Å². The van der Waals surface area contributed by atoms with Crippen LogP contribution in [0.25, 0.3) is 0 Å². The van der Waals surface area contributed by atoms with Gasteiger partial charge in [-0.1, -0.05) is 24.3 Å². The van der Waals surface area contributed by atoms with Crippen molar-refractivity contribution in [3.63, 3.8) is 0 Å². The summed E-state index contributed by atoms with van der Waals surface area (Å²) in [5.74, 6) is 0.156. The van der Waals surface area contributed by atoms with E-state index in [0.717, 1.165) is 4.31 Å². The van der Waals surface area contributed by atoms with Gasteiger partial charge in [-0.3, -0.25) is 4.31 Å². The number of methoxy groups -OCH3 is 1. The van der Waals surface area contributed by atoms with E-state index in [9.17, 15) is 13.5 Å². The van der Waals surface area contributed by atoms with E-state index in [1.54, 1.807) is 36.4 Å². The van der Waals surface area contributed by atoms with Crippen LogP contribution >= 0.6 is 0 Å². The van der Waals surface area contributed by atoms with Gasteiger partial charge in [-0.2, -0.15) is 0 Å². The molecule has 0 amide bonds. The molecule has 6 heteroatoms. The van der Waals surface area contributed by atoms with Crippen LogP contribution < -0.4 is 9.04 Å². The number of aromatic hydroxyl groups is 1. The van der Waals surface area contributed by atoms with E-state index < -0.39 is 10.0 Å². The summed E-state index contributed by atoms with van der Waals surface area (Å²) in [5.41, 5.74) is 0.401. The van der Waals surface area contributed by atoms with Crippen molar-refractivity contribution in [3.05, 3.63) is 48.5 Å². The summed E-state index contributed by atoms with van der Waals surface area (Å²) < 4.78 is 31.3. The number of sulfonamides is 1. The topological polar surface area (TPSA) is 66.8 Å². The first kappa shape index (κ1) is 14.2. The molecule has 0 heterocycles. The summed E-state index contributed by atoms with van der Waals surface area (Å²) in [7, 11) is -0.964. The van der Waals surface area contributed by atoms with Gasteiger partial charge in [-0.25, -0.2) is 8.42 Å². The number of anilines is 1. The minimum atomic E-state index is -3.85. The number of phenolic OH excluding ortho intramolecular Hbond substituents is 1. The Morgan fingerprint density at radius 1 is 1.05 bits per heavy atom. The van der Waals surface area contributed by atoms with E-state index in [1.807, 2.05) is 0 Å². The van der Waals surface area contributed by atoms with Crippen molar-refractivity contribution in [2.45, 2.75) is 4.90 Å². The second kappa shape index (κ2) is 5.42. The van der Waals surface area contributed by atoms with Crippen molar-refractivity contribution < 1.29 is 18.3 Å². The Labute approximate surface area is 118 Å². The molecule has 0 bridgehead atoms. The van der Waals surface area contributed by atoms with E-state index >= 15 is 0 Å². The quantitative estimate of drug-likeness (QED) is 0.938. The van der Waals surface area contributed by atoms with Crippen LogP contribution in [0, 0.1) is 0 Å². The lowest BCUT2D eigenvalue weighted by molar-refractivity contribution is 0.415. The van der Waals surface area contributed by atoms with Gasteiger partial charge in [0.1, 0.15) is 16.4 Å². The SMILES string of the molecule is COc1ccccc1N(C)S(=O)(=O)c1ccccc1O. The highest BCUT2D eigenvalue weighted by Crippen LogP contribution is 2.33. The maximum Gasteiger partial charge on any atom is 0.267 e. The van der Waals surface area contributed by atoms with Gasteiger partial charge in [0.05, 0.1) is 12.8 Å². The summed E-state index contributed by atoms with van der Waals surface area (Å²) in [5, 5.41) is 9.73. The van der Waals surface area contributed by atoms with Gasteiger partial charge < -0.3 is 9.84 Å². The zero-order chi connectivity index (χ0) is 14.8. The van der Waals surface area contributed by atoms with Crippen molar-refractivity contribution in [3.8, 4) is 11.5 Å². The summed E-state index contributed by atoms with van der Waals surface area (Å²) in [6.07, 6.45) is 0. The van der Waals surface area contributed by atoms with Crippen LogP contribution in [0.4, 0.5) is 5.69 Å². The fraction of sp³-hybridized carbons (Fsp3) is 0.143. The number of nitrogens with zero attached hydrogens (tertiary/aromatic N) is 1. The first-order valence-electron chi connectivity index (χ1n) is 5.88. The average Bonchev–Trinajstić information content (AvgIpc) is 2.46. The highest BCUT2D eigenvalue weighted by Gasteiger charge is 2.25. The number of rotatable bonds is 4. The van der Waals surface area contributed by atoms with Crippen molar-refractivity contribution in [2.24, 2.45) is 0 Å². The third-order valence-electron chi connectivity index (χ3n) is 2.93. The fourth-order valence-electron chi connectivity index (χ4n) is 1.84. The highest BCUT2D eigenvalue weighted by atomic mass is 32.2. The van der Waals surface area contributed by atoms with Gasteiger partial charge in [0.2, 0.25) is 0 Å². The van der Waals surface area contributed by atoms with Crippen molar-refractivity contribution in [1.82, 2.24) is 0 Å². The average molecular weight is 293 g/mol. The molecular formula is C14H15NO4S. The van der Waals surface area contributed by atoms with Crippen LogP contribution in [0.3, 0.4) is 0 Å². The Kier molecular flexibility index (Phi) is 3.85. The van der Waals surface area contributed by atoms with Crippen LogP contribution in [0.1, 0.15) is 0 Å². The number of hydrogen-bond acceptors (Lipinski definition) is 4. The third-order valence-corrected chi connectivity index (χ3v) is 4.75. The second-order valence-electron chi connectivity index (χ2n) is 4.11. The largest absolute Gasteiger partial charge is 0.507 e. The lowest BCUT2D eigenvalue weighted by Crippen LogP contribution is -2.27. The molecule has 2 aromatic carbocycles. The molecule has 0 aliphatic rings. The normalized spacial score (nSPS) is 11.1. The van der Waals surface area contributed by atoms with E-state index in [4.69, 9.17) is 4.74 Å². The van der Waals surface area contributed by atoms with Gasteiger partial charge in [-0.05, 0) is 24.3 Å². The summed E-state index contributed by atoms with van der Waals surface area (Å²) in [6.45, 7) is 0. The third kappa shape index (κ3) is 2.42. The molecule has 0 radical (unpaired) electrons. The van der Waals surface area contributed by atoms with Gasteiger partial charge in [0, 0.05) is 7.05 Å². The number of para-hydroxylation sites is 3. The van der Waals surface area contributed by atoms with Crippen LogP contribution in [0.15, 0.2) is 53.4 Å². The predicted molar refractivity (Wildman–Crippen MR) is 76.7 cm³/mol. The molecule has 0 fully saturated rings. The Morgan fingerprint density at radius 2 is 1.65 bits per heavy atom. The molecule has 20 heavy (non-hydrogen) atoms. The number of phenols is 1. The molecule has 0 saturated carbocycles. The minimum Gasteiger partial charge on any atom is -0.507 e. The molecule has 0 aromatic heterocycles. The standard InChI is InChI=1S/C14H15NO4S/c1-15(11-7-3-5-9-13(11)19-2)20(17,18)14-10-6-4-8-12(14)16/h3-10,16H,1-2H3. The number of ether oxygens (including phenoxy) is 1. The molecule has 0 unspecified atom stereocenters. The second-order valence-corrected chi connectivity index (χ2v) is 6.05. The molecule has 0 atom stereocenters. The predicted octanol–water partition coefficient (Wildman–Crippen LogP) is 2.23. The van der Waals surface area contributed by atoms with Crippen molar-refractivity contribution >= 4 is 15.7 Å². The molecule has 106 valence electrons. The number of hydrogen-bond donors (Lipinski definition) is 1. The van der Waals surface area contributed by atoms with Gasteiger partial charge in [0.15, 0.2) is 0 Å². The Balaban J connectivity index is 2.52. The van der Waals surface area contributed by atoms with E-state index in [0.29, 0.717) is 11.4 Å². The maximum atomic E-state index is 12.5. The Bertz CT molecular complexity index is 713. The Morgan fingerprint density at radius 3 is 2.30 bits per heavy atom. The zero-order valence-electron chi connectivity index (χ0n) is 11.1. The number of benzene rings is 2. The lowest BCUT2D eigenvalue weighted by Gasteiger charge is -2.21. The van der Waals surface area contributed by atoms with E-state index in [-0.39, 0.29) is 10.6 Å². The lowest BCUT2D eigenvalue weighted by atomic mass is 10.3. The molecule has 0 spiro atoms. The highest BCUT2D eigenvalue weighted by molar-refractivity contribution is 7.93. The molecule has 0 saturated heterocycles. The molecule has 0 aliphatic carbocycles. The Hall–Kier alpha value is -2.21. The monoisotopic (exact) mass is 293 g/mol. The molecule has 1 N–H and O–H groups in total. The molecule has 5 nitrogen and oxygen atoms in total. The fourth-order valence-corrected chi connectivity index (χ4v) is 3.13. The summed E-state index contributed by atoms with van der Waals surface area (Å²) in [6, 6.07) is 12.6. The van der Waals surface area contributed by atoms with Gasteiger partial charge in [-0.15, -0.1) is 0 Å². The van der Waals surface area contributed by atoms with Gasteiger partial charge in [0.25, 0.3) is 10.0 Å².